The first-order chi connectivity index (χ1) is 14.7. The normalized spacial score (nSPS) is 18.8. The van der Waals surface area contributed by atoms with Gasteiger partial charge in [-0.25, -0.2) is 4.68 Å². The Balaban J connectivity index is 1.64. The number of halogens is 3. The van der Waals surface area contributed by atoms with Crippen LogP contribution in [-0.4, -0.2) is 30.7 Å². The van der Waals surface area contributed by atoms with Crippen LogP contribution in [0.5, 0.6) is 0 Å². The first-order valence-corrected chi connectivity index (χ1v) is 10.00. The standard InChI is InChI=1S/C22H21F3N6/c1-12-6-7-14(15-5-4-8-26-21(12)15)18-10-20-27-17(16-11-30(3)28-13(16)2)9-19(22(23,24)25)31(20)29-18/h4-8,10-11,17,19,27H,9H2,1-3H3. The summed E-state index contributed by atoms with van der Waals surface area (Å²) in [6.07, 6.45) is -1.10. The van der Waals surface area contributed by atoms with Crippen molar-refractivity contribution in [2.45, 2.75) is 38.5 Å². The number of fused-ring (bicyclic) bond motifs is 2. The zero-order valence-electron chi connectivity index (χ0n) is 17.3. The fourth-order valence-corrected chi connectivity index (χ4v) is 4.41. The van der Waals surface area contributed by atoms with Crippen LogP contribution >= 0.6 is 0 Å². The maximum atomic E-state index is 14.0. The van der Waals surface area contributed by atoms with Crippen LogP contribution in [0.1, 0.15) is 35.3 Å². The Morgan fingerprint density at radius 2 is 1.94 bits per heavy atom. The molecule has 0 bridgehead atoms. The topological polar surface area (TPSA) is 60.6 Å². The summed E-state index contributed by atoms with van der Waals surface area (Å²) in [5, 5.41) is 12.8. The average Bonchev–Trinajstić information content (AvgIpc) is 3.29. The van der Waals surface area contributed by atoms with Gasteiger partial charge in [0, 0.05) is 48.4 Å². The van der Waals surface area contributed by atoms with Crippen molar-refractivity contribution in [1.29, 1.82) is 0 Å². The molecule has 31 heavy (non-hydrogen) atoms. The Morgan fingerprint density at radius 1 is 1.13 bits per heavy atom. The van der Waals surface area contributed by atoms with E-state index < -0.39 is 18.3 Å². The molecule has 2 unspecified atom stereocenters. The molecule has 0 saturated heterocycles. The fraction of sp³-hybridized carbons (Fsp3) is 0.318. The molecule has 6 nitrogen and oxygen atoms in total. The fourth-order valence-electron chi connectivity index (χ4n) is 4.41. The number of hydrogen-bond acceptors (Lipinski definition) is 4. The van der Waals surface area contributed by atoms with Crippen LogP contribution < -0.4 is 5.32 Å². The van der Waals surface area contributed by atoms with Gasteiger partial charge in [0.25, 0.3) is 0 Å². The van der Waals surface area contributed by atoms with Crippen LogP contribution in [0, 0.1) is 13.8 Å². The van der Waals surface area contributed by atoms with Crippen molar-refractivity contribution < 1.29 is 13.2 Å². The van der Waals surface area contributed by atoms with Crippen molar-refractivity contribution in [3.63, 3.8) is 0 Å². The first-order valence-electron chi connectivity index (χ1n) is 10.00. The molecular weight excluding hydrogens is 405 g/mol. The Bertz CT molecular complexity index is 1290. The molecule has 4 heterocycles. The molecule has 4 aromatic rings. The van der Waals surface area contributed by atoms with E-state index in [-0.39, 0.29) is 6.42 Å². The van der Waals surface area contributed by atoms with E-state index in [2.05, 4.69) is 20.5 Å². The van der Waals surface area contributed by atoms with E-state index >= 15 is 0 Å². The van der Waals surface area contributed by atoms with Crippen LogP contribution in [-0.2, 0) is 7.05 Å². The first kappa shape index (κ1) is 19.6. The molecule has 0 radical (unpaired) electrons. The number of aryl methyl sites for hydroxylation is 3. The quantitative estimate of drug-likeness (QED) is 0.484. The molecule has 160 valence electrons. The van der Waals surface area contributed by atoms with Gasteiger partial charge in [0.1, 0.15) is 5.82 Å². The maximum Gasteiger partial charge on any atom is 0.410 e. The Hall–Kier alpha value is -3.36. The number of rotatable bonds is 2. The van der Waals surface area contributed by atoms with Crippen LogP contribution in [0.4, 0.5) is 19.0 Å². The van der Waals surface area contributed by atoms with Gasteiger partial charge >= 0.3 is 6.18 Å². The maximum absolute atomic E-state index is 14.0. The highest BCUT2D eigenvalue weighted by Gasteiger charge is 2.47. The largest absolute Gasteiger partial charge is 0.410 e. The van der Waals surface area contributed by atoms with E-state index in [1.54, 1.807) is 30.2 Å². The summed E-state index contributed by atoms with van der Waals surface area (Å²) in [6.45, 7) is 3.77. The molecule has 0 amide bonds. The SMILES string of the molecule is Cc1nn(C)cc1C1CC(C(F)(F)F)n2nc(-c3ccc(C)c4ncccc34)cc2N1. The molecule has 3 aromatic heterocycles. The molecule has 5 rings (SSSR count). The van der Waals surface area contributed by atoms with Crippen molar-refractivity contribution in [2.75, 3.05) is 5.32 Å². The number of pyridine rings is 1. The van der Waals surface area contributed by atoms with Crippen molar-refractivity contribution in [1.82, 2.24) is 24.5 Å². The molecule has 0 fully saturated rings. The second kappa shape index (κ2) is 6.83. The summed E-state index contributed by atoms with van der Waals surface area (Å²) in [6, 6.07) is 7.00. The zero-order valence-corrected chi connectivity index (χ0v) is 17.3. The number of benzene rings is 1. The zero-order chi connectivity index (χ0) is 21.9. The Morgan fingerprint density at radius 3 is 2.65 bits per heavy atom. The summed E-state index contributed by atoms with van der Waals surface area (Å²) >= 11 is 0. The van der Waals surface area contributed by atoms with Gasteiger partial charge in [-0.3, -0.25) is 9.67 Å². The predicted octanol–water partition coefficient (Wildman–Crippen LogP) is 5.11. The van der Waals surface area contributed by atoms with E-state index in [0.29, 0.717) is 17.2 Å². The minimum Gasteiger partial charge on any atom is -0.363 e. The van der Waals surface area contributed by atoms with Crippen LogP contribution in [0.15, 0.2) is 42.7 Å². The van der Waals surface area contributed by atoms with Crippen molar-refractivity contribution in [3.05, 3.63) is 59.5 Å². The third-order valence-corrected chi connectivity index (χ3v) is 5.86. The van der Waals surface area contributed by atoms with Crippen molar-refractivity contribution in [2.24, 2.45) is 7.05 Å². The van der Waals surface area contributed by atoms with Gasteiger partial charge in [-0.2, -0.15) is 23.4 Å². The monoisotopic (exact) mass is 426 g/mol. The Kier molecular flexibility index (Phi) is 4.32. The van der Waals surface area contributed by atoms with Crippen LogP contribution in [0.25, 0.3) is 22.2 Å². The number of nitrogens with one attached hydrogen (secondary N) is 1. The van der Waals surface area contributed by atoms with Gasteiger partial charge in [0.2, 0.25) is 0 Å². The summed E-state index contributed by atoms with van der Waals surface area (Å²) in [4.78, 5) is 4.43. The average molecular weight is 426 g/mol. The molecule has 9 heteroatoms. The number of nitrogens with zero attached hydrogens (tertiary/aromatic N) is 5. The molecular formula is C22H21F3N6. The highest BCUT2D eigenvalue weighted by atomic mass is 19.4. The van der Waals surface area contributed by atoms with Gasteiger partial charge < -0.3 is 5.32 Å². The minimum atomic E-state index is -4.43. The van der Waals surface area contributed by atoms with E-state index in [0.717, 1.165) is 32.3 Å². The third-order valence-electron chi connectivity index (χ3n) is 5.86. The lowest BCUT2D eigenvalue weighted by atomic mass is 9.97. The molecule has 1 aromatic carbocycles. The highest BCUT2D eigenvalue weighted by Crippen LogP contribution is 2.45. The summed E-state index contributed by atoms with van der Waals surface area (Å²) in [5.74, 6) is 0.342. The van der Waals surface area contributed by atoms with E-state index in [1.165, 1.54) is 0 Å². The van der Waals surface area contributed by atoms with Gasteiger partial charge in [0.15, 0.2) is 6.04 Å². The number of alkyl halides is 3. The van der Waals surface area contributed by atoms with Gasteiger partial charge in [0.05, 0.1) is 22.9 Å². The predicted molar refractivity (Wildman–Crippen MR) is 112 cm³/mol. The number of anilines is 1. The van der Waals surface area contributed by atoms with Gasteiger partial charge in [-0.1, -0.05) is 18.2 Å². The molecule has 2 atom stereocenters. The van der Waals surface area contributed by atoms with Gasteiger partial charge in [-0.15, -0.1) is 0 Å². The van der Waals surface area contributed by atoms with Crippen molar-refractivity contribution in [3.8, 4) is 11.3 Å². The molecule has 1 aliphatic heterocycles. The summed E-state index contributed by atoms with van der Waals surface area (Å²) in [7, 11) is 1.76. The second-order valence-electron chi connectivity index (χ2n) is 8.02. The number of hydrogen-bond donors (Lipinski definition) is 1. The van der Waals surface area contributed by atoms with E-state index in [4.69, 9.17) is 0 Å². The molecule has 0 saturated carbocycles. The molecule has 0 spiro atoms. The summed E-state index contributed by atoms with van der Waals surface area (Å²) < 4.78 is 44.7. The smallest absolute Gasteiger partial charge is 0.363 e. The lowest BCUT2D eigenvalue weighted by Crippen LogP contribution is -2.35. The van der Waals surface area contributed by atoms with Crippen molar-refractivity contribution >= 4 is 16.7 Å². The number of aromatic nitrogens is 5. The van der Waals surface area contributed by atoms with E-state index in [9.17, 15) is 13.2 Å². The molecule has 1 N–H and O–H groups in total. The lowest BCUT2D eigenvalue weighted by molar-refractivity contribution is -0.173. The third kappa shape index (κ3) is 3.24. The lowest BCUT2D eigenvalue weighted by Gasteiger charge is -2.33. The molecule has 0 aliphatic carbocycles. The minimum absolute atomic E-state index is 0.152. The van der Waals surface area contributed by atoms with E-state index in [1.807, 2.05) is 38.1 Å². The second-order valence-corrected chi connectivity index (χ2v) is 8.02. The molecule has 1 aliphatic rings. The van der Waals surface area contributed by atoms with Gasteiger partial charge in [-0.05, 0) is 25.5 Å². The van der Waals surface area contributed by atoms with Crippen LogP contribution in [0.2, 0.25) is 0 Å². The summed E-state index contributed by atoms with van der Waals surface area (Å²) in [5.41, 5.74) is 4.53. The van der Waals surface area contributed by atoms with Crippen LogP contribution in [0.3, 0.4) is 0 Å². The Labute approximate surface area is 176 Å². The highest BCUT2D eigenvalue weighted by molar-refractivity contribution is 5.95.